The summed E-state index contributed by atoms with van der Waals surface area (Å²) < 4.78 is 65.4. The van der Waals surface area contributed by atoms with Gasteiger partial charge in [0.15, 0.2) is 0 Å². The number of para-hydroxylation sites is 1. The predicted octanol–water partition coefficient (Wildman–Crippen LogP) is 1.43. The minimum Gasteiger partial charge on any atom is -0.434 e. The minimum atomic E-state index is -4.60. The summed E-state index contributed by atoms with van der Waals surface area (Å²) in [6.45, 7) is -4.08. The second-order valence-electron chi connectivity index (χ2n) is 6.29. The largest absolute Gasteiger partial charge is 0.434 e. The zero-order valence-electron chi connectivity index (χ0n) is 15.5. The molecule has 1 aliphatic heterocycles. The Labute approximate surface area is 167 Å². The summed E-state index contributed by atoms with van der Waals surface area (Å²) in [6, 6.07) is 4.32. The average molecular weight is 438 g/mol. The third kappa shape index (κ3) is 7.46. The average Bonchev–Trinajstić information content (AvgIpc) is 2.66. The number of amides is 4. The summed E-state index contributed by atoms with van der Waals surface area (Å²) in [4.78, 5) is 38.6. The summed E-state index contributed by atoms with van der Waals surface area (Å²) in [5.41, 5.74) is -0.0228. The molecule has 166 valence electrons. The first-order chi connectivity index (χ1) is 14.0. The Morgan fingerprint density at radius 3 is 2.30 bits per heavy atom. The maximum Gasteiger partial charge on any atom is 0.405 e. The summed E-state index contributed by atoms with van der Waals surface area (Å²) in [5.74, 6) is -1.56. The van der Waals surface area contributed by atoms with Gasteiger partial charge in [-0.25, -0.2) is 4.79 Å². The molecule has 1 aromatic carbocycles. The number of nitrogens with one attached hydrogen (secondary N) is 2. The molecule has 8 nitrogen and oxygen atoms in total. The molecule has 0 bridgehead atoms. The van der Waals surface area contributed by atoms with Crippen LogP contribution in [0.4, 0.5) is 26.7 Å². The first-order valence-electron chi connectivity index (χ1n) is 8.75. The summed E-state index contributed by atoms with van der Waals surface area (Å²) in [6.07, 6.45) is -4.60. The van der Waals surface area contributed by atoms with Crippen LogP contribution in [-0.4, -0.2) is 79.7 Å². The number of halogens is 5. The van der Waals surface area contributed by atoms with E-state index in [4.69, 9.17) is 0 Å². The van der Waals surface area contributed by atoms with Gasteiger partial charge in [0.2, 0.25) is 5.91 Å². The van der Waals surface area contributed by atoms with E-state index in [9.17, 15) is 36.3 Å². The molecule has 0 aliphatic carbocycles. The van der Waals surface area contributed by atoms with E-state index >= 15 is 0 Å². The highest BCUT2D eigenvalue weighted by molar-refractivity contribution is 5.97. The molecule has 1 heterocycles. The molecular formula is C17H19F5N4O4. The van der Waals surface area contributed by atoms with Crippen LogP contribution in [0.5, 0.6) is 5.75 Å². The van der Waals surface area contributed by atoms with Gasteiger partial charge >= 0.3 is 18.8 Å². The number of piperazine rings is 1. The number of benzene rings is 1. The number of hydrogen-bond acceptors (Lipinski definition) is 5. The van der Waals surface area contributed by atoms with Crippen LogP contribution in [0.2, 0.25) is 0 Å². The van der Waals surface area contributed by atoms with E-state index in [-0.39, 0.29) is 44.0 Å². The van der Waals surface area contributed by atoms with Crippen LogP contribution in [-0.2, 0) is 4.79 Å². The molecule has 0 saturated carbocycles. The van der Waals surface area contributed by atoms with E-state index in [1.54, 1.807) is 10.2 Å². The molecule has 4 amide bonds. The smallest absolute Gasteiger partial charge is 0.405 e. The molecule has 1 saturated heterocycles. The van der Waals surface area contributed by atoms with Gasteiger partial charge in [0.05, 0.1) is 12.1 Å². The number of carbonyl (C=O) groups is 3. The van der Waals surface area contributed by atoms with Gasteiger partial charge in [0, 0.05) is 26.2 Å². The van der Waals surface area contributed by atoms with Crippen molar-refractivity contribution in [2.45, 2.75) is 12.8 Å². The number of alkyl halides is 5. The van der Waals surface area contributed by atoms with Gasteiger partial charge in [0.25, 0.3) is 5.91 Å². The van der Waals surface area contributed by atoms with E-state index in [1.807, 2.05) is 0 Å². The maximum atomic E-state index is 12.6. The van der Waals surface area contributed by atoms with E-state index in [2.05, 4.69) is 4.74 Å². The molecule has 2 N–H and O–H groups in total. The van der Waals surface area contributed by atoms with Crippen molar-refractivity contribution in [3.63, 3.8) is 0 Å². The van der Waals surface area contributed by atoms with Gasteiger partial charge < -0.3 is 15.0 Å². The molecule has 0 atom stereocenters. The van der Waals surface area contributed by atoms with E-state index < -0.39 is 37.2 Å². The van der Waals surface area contributed by atoms with Crippen LogP contribution in [0.1, 0.15) is 10.4 Å². The highest BCUT2D eigenvalue weighted by Crippen LogP contribution is 2.22. The third-order valence-corrected chi connectivity index (χ3v) is 4.06. The van der Waals surface area contributed by atoms with Crippen LogP contribution < -0.4 is 15.4 Å². The summed E-state index contributed by atoms with van der Waals surface area (Å²) in [7, 11) is 0. The number of nitrogens with zero attached hydrogens (tertiary/aromatic N) is 2. The molecule has 2 rings (SSSR count). The monoisotopic (exact) mass is 438 g/mol. The lowest BCUT2D eigenvalue weighted by Crippen LogP contribution is -2.52. The van der Waals surface area contributed by atoms with Crippen LogP contribution in [0.15, 0.2) is 24.3 Å². The van der Waals surface area contributed by atoms with Crippen molar-refractivity contribution in [3.8, 4) is 5.75 Å². The fraction of sp³-hybridized carbons (Fsp3) is 0.471. The molecule has 0 aromatic heterocycles. The Bertz CT molecular complexity index is 767. The Kier molecular flexibility index (Phi) is 7.92. The number of urea groups is 1. The quantitative estimate of drug-likeness (QED) is 0.656. The van der Waals surface area contributed by atoms with Gasteiger partial charge in [-0.15, -0.1) is 0 Å². The van der Waals surface area contributed by atoms with Gasteiger partial charge in [0.1, 0.15) is 12.3 Å². The molecule has 13 heteroatoms. The molecule has 0 radical (unpaired) electrons. The lowest BCUT2D eigenvalue weighted by atomic mass is 10.1. The Hall–Kier alpha value is -2.96. The maximum absolute atomic E-state index is 12.6. The Morgan fingerprint density at radius 2 is 1.70 bits per heavy atom. The Balaban J connectivity index is 1.82. The van der Waals surface area contributed by atoms with Gasteiger partial charge in [-0.2, -0.15) is 22.0 Å². The van der Waals surface area contributed by atoms with Crippen LogP contribution >= 0.6 is 0 Å². The number of imide groups is 1. The van der Waals surface area contributed by atoms with Gasteiger partial charge in [-0.3, -0.25) is 19.8 Å². The first-order valence-corrected chi connectivity index (χ1v) is 8.75. The molecule has 0 unspecified atom stereocenters. The number of carbonyl (C=O) groups excluding carboxylic acids is 3. The highest BCUT2D eigenvalue weighted by atomic mass is 19.4. The van der Waals surface area contributed by atoms with Crippen molar-refractivity contribution < 1.29 is 41.1 Å². The van der Waals surface area contributed by atoms with Crippen LogP contribution in [0.25, 0.3) is 0 Å². The van der Waals surface area contributed by atoms with Crippen molar-refractivity contribution >= 4 is 17.8 Å². The number of rotatable bonds is 6. The predicted molar refractivity (Wildman–Crippen MR) is 93.0 cm³/mol. The van der Waals surface area contributed by atoms with Crippen LogP contribution in [0, 0.1) is 0 Å². The first kappa shape index (κ1) is 23.3. The van der Waals surface area contributed by atoms with E-state index in [1.165, 1.54) is 34.5 Å². The van der Waals surface area contributed by atoms with Crippen LogP contribution in [0.3, 0.4) is 0 Å². The number of hydrogen-bond donors (Lipinski definition) is 2. The van der Waals surface area contributed by atoms with Crippen molar-refractivity contribution in [1.82, 2.24) is 20.4 Å². The minimum absolute atomic E-state index is 0.0228. The summed E-state index contributed by atoms with van der Waals surface area (Å²) in [5, 5.41) is 3.30. The van der Waals surface area contributed by atoms with Crippen molar-refractivity contribution in [1.29, 1.82) is 0 Å². The van der Waals surface area contributed by atoms with Crippen molar-refractivity contribution in [2.75, 3.05) is 39.3 Å². The fourth-order valence-electron chi connectivity index (χ4n) is 2.72. The molecule has 1 aliphatic rings. The number of ether oxygens (including phenoxy) is 1. The fourth-order valence-corrected chi connectivity index (χ4v) is 2.72. The topological polar surface area (TPSA) is 91.0 Å². The van der Waals surface area contributed by atoms with E-state index in [0.29, 0.717) is 0 Å². The highest BCUT2D eigenvalue weighted by Gasteiger charge is 2.29. The SMILES string of the molecule is O=C(CN1CCN(C(=O)c2ccccc2OC(F)F)CC1)NC(=O)NCC(F)(F)F. The molecule has 1 aromatic rings. The molecular weight excluding hydrogens is 419 g/mol. The van der Waals surface area contributed by atoms with Gasteiger partial charge in [-0.05, 0) is 12.1 Å². The van der Waals surface area contributed by atoms with Crippen molar-refractivity contribution in [2.24, 2.45) is 0 Å². The molecule has 0 spiro atoms. The normalized spacial score (nSPS) is 15.1. The Morgan fingerprint density at radius 1 is 1.07 bits per heavy atom. The second-order valence-corrected chi connectivity index (χ2v) is 6.29. The lowest BCUT2D eigenvalue weighted by Gasteiger charge is -2.34. The third-order valence-electron chi connectivity index (χ3n) is 4.06. The summed E-state index contributed by atoms with van der Waals surface area (Å²) >= 11 is 0. The molecule has 30 heavy (non-hydrogen) atoms. The lowest BCUT2D eigenvalue weighted by molar-refractivity contribution is -0.125. The van der Waals surface area contributed by atoms with Crippen molar-refractivity contribution in [3.05, 3.63) is 29.8 Å². The van der Waals surface area contributed by atoms with Gasteiger partial charge in [-0.1, -0.05) is 12.1 Å². The zero-order chi connectivity index (χ0) is 22.3. The second kappa shape index (κ2) is 10.2. The standard InChI is InChI=1S/C17H19F5N4O4/c18-15(19)30-12-4-2-1-3-11(12)14(28)26-7-5-25(6-8-26)9-13(27)24-16(29)23-10-17(20,21)22/h1-4,15H,5-10H2,(H2,23,24,27,29). The van der Waals surface area contributed by atoms with E-state index in [0.717, 1.165) is 0 Å². The molecule has 1 fully saturated rings. The zero-order valence-corrected chi connectivity index (χ0v) is 15.5.